The minimum absolute atomic E-state index is 0.108. The Hall–Kier alpha value is -3.38. The van der Waals surface area contributed by atoms with Crippen molar-refractivity contribution in [2.45, 2.75) is 33.1 Å². The number of methoxy groups -OCH3 is 1. The van der Waals surface area contributed by atoms with Crippen LogP contribution in [0.4, 0.5) is 5.69 Å². The van der Waals surface area contributed by atoms with Gasteiger partial charge in [-0.05, 0) is 73.9 Å². The van der Waals surface area contributed by atoms with Gasteiger partial charge in [0.2, 0.25) is 0 Å². The van der Waals surface area contributed by atoms with E-state index in [1.807, 2.05) is 50.2 Å². The van der Waals surface area contributed by atoms with Gasteiger partial charge in [-0.25, -0.2) is 0 Å². The van der Waals surface area contributed by atoms with Crippen LogP contribution in [0.5, 0.6) is 11.5 Å². The van der Waals surface area contributed by atoms with Crippen LogP contribution >= 0.6 is 12.2 Å². The standard InChI is InChI=1S/C30H34N2O3S/c1-21-8-7-9-22(2)29(21)31-28(33)20-35-26-13-12-25(19-27(26)34-3)30(36)32-16-14-24(15-17-32)18-23-10-5-4-6-11-23/h4-13,19,24H,14-18,20H2,1-3H3,(H,31,33). The van der Waals surface area contributed by atoms with E-state index in [-0.39, 0.29) is 12.5 Å². The van der Waals surface area contributed by atoms with Crippen molar-refractivity contribution in [3.8, 4) is 11.5 Å². The van der Waals surface area contributed by atoms with Gasteiger partial charge >= 0.3 is 0 Å². The number of thiocarbonyl (C=S) groups is 1. The molecule has 1 fully saturated rings. The molecule has 1 aliphatic rings. The van der Waals surface area contributed by atoms with E-state index in [1.165, 1.54) is 5.56 Å². The maximum absolute atomic E-state index is 12.5. The molecule has 3 aromatic carbocycles. The van der Waals surface area contributed by atoms with Crippen LogP contribution in [-0.2, 0) is 11.2 Å². The first-order chi connectivity index (χ1) is 17.4. The molecule has 5 nitrogen and oxygen atoms in total. The summed E-state index contributed by atoms with van der Waals surface area (Å²) in [6, 6.07) is 22.3. The van der Waals surface area contributed by atoms with Crippen LogP contribution < -0.4 is 14.8 Å². The average Bonchev–Trinajstić information content (AvgIpc) is 2.90. The fourth-order valence-electron chi connectivity index (χ4n) is 4.72. The van der Waals surface area contributed by atoms with E-state index in [9.17, 15) is 4.79 Å². The van der Waals surface area contributed by atoms with Crippen LogP contribution in [0.3, 0.4) is 0 Å². The molecule has 1 heterocycles. The Balaban J connectivity index is 1.32. The third-order valence-corrected chi connectivity index (χ3v) is 7.28. The number of carbonyl (C=O) groups is 1. The first kappa shape index (κ1) is 25.7. The van der Waals surface area contributed by atoms with Crippen LogP contribution in [0.15, 0.2) is 66.7 Å². The number of benzene rings is 3. The smallest absolute Gasteiger partial charge is 0.262 e. The lowest BCUT2D eigenvalue weighted by Gasteiger charge is -2.34. The van der Waals surface area contributed by atoms with Crippen LogP contribution in [0, 0.1) is 19.8 Å². The number of likely N-dealkylation sites (tertiary alicyclic amines) is 1. The number of carbonyl (C=O) groups excluding carboxylic acids is 1. The lowest BCUT2D eigenvalue weighted by molar-refractivity contribution is -0.118. The van der Waals surface area contributed by atoms with E-state index in [0.29, 0.717) is 17.4 Å². The number of hydrogen-bond donors (Lipinski definition) is 1. The van der Waals surface area contributed by atoms with Gasteiger partial charge in [0.25, 0.3) is 5.91 Å². The Morgan fingerprint density at radius 2 is 1.67 bits per heavy atom. The number of anilines is 1. The van der Waals surface area contributed by atoms with Crippen molar-refractivity contribution >= 4 is 28.8 Å². The molecule has 1 amide bonds. The Morgan fingerprint density at radius 3 is 2.33 bits per heavy atom. The number of rotatable bonds is 8. The number of amides is 1. The predicted molar refractivity (Wildman–Crippen MR) is 149 cm³/mol. The summed E-state index contributed by atoms with van der Waals surface area (Å²) in [6.45, 7) is 5.74. The second-order valence-electron chi connectivity index (χ2n) is 9.39. The van der Waals surface area contributed by atoms with Crippen LogP contribution in [-0.4, -0.2) is 42.6 Å². The number of piperidine rings is 1. The molecular formula is C30H34N2O3S. The Morgan fingerprint density at radius 1 is 0.972 bits per heavy atom. The Bertz CT molecular complexity index is 1180. The summed E-state index contributed by atoms with van der Waals surface area (Å²) in [5, 5.41) is 2.95. The van der Waals surface area contributed by atoms with Crippen molar-refractivity contribution in [2.75, 3.05) is 32.1 Å². The number of aryl methyl sites for hydroxylation is 2. The van der Waals surface area contributed by atoms with Gasteiger partial charge in [-0.15, -0.1) is 0 Å². The number of hydrogen-bond acceptors (Lipinski definition) is 4. The van der Waals surface area contributed by atoms with Crippen molar-refractivity contribution in [1.29, 1.82) is 0 Å². The highest BCUT2D eigenvalue weighted by Gasteiger charge is 2.22. The van der Waals surface area contributed by atoms with Crippen LogP contribution in [0.1, 0.15) is 35.1 Å². The third-order valence-electron chi connectivity index (χ3n) is 6.78. The SMILES string of the molecule is COc1cc(C(=S)N2CCC(Cc3ccccc3)CC2)ccc1OCC(=O)Nc1c(C)cccc1C. The summed E-state index contributed by atoms with van der Waals surface area (Å²) in [5.74, 6) is 1.55. The molecule has 3 aromatic rings. The zero-order chi connectivity index (χ0) is 25.5. The van der Waals surface area contributed by atoms with Crippen molar-refractivity contribution < 1.29 is 14.3 Å². The fraction of sp³-hybridized carbons (Fsp3) is 0.333. The van der Waals surface area contributed by atoms with Crippen molar-refractivity contribution in [3.05, 3.63) is 89.0 Å². The molecule has 0 aromatic heterocycles. The van der Waals surface area contributed by atoms with Gasteiger partial charge in [-0.1, -0.05) is 60.7 Å². The zero-order valence-corrected chi connectivity index (χ0v) is 22.1. The normalized spacial score (nSPS) is 13.8. The van der Waals surface area contributed by atoms with Gasteiger partial charge < -0.3 is 19.7 Å². The Kier molecular flexibility index (Phi) is 8.60. The number of ether oxygens (including phenoxy) is 2. The minimum atomic E-state index is -0.215. The minimum Gasteiger partial charge on any atom is -0.493 e. The quantitative estimate of drug-likeness (QED) is 0.385. The first-order valence-corrected chi connectivity index (χ1v) is 12.9. The Labute approximate surface area is 219 Å². The summed E-state index contributed by atoms with van der Waals surface area (Å²) in [4.78, 5) is 15.6. The number of nitrogens with zero attached hydrogens (tertiary/aromatic N) is 1. The molecule has 0 saturated carbocycles. The molecular weight excluding hydrogens is 468 g/mol. The van der Waals surface area contributed by atoms with Gasteiger partial charge in [0, 0.05) is 24.3 Å². The topological polar surface area (TPSA) is 50.8 Å². The molecule has 36 heavy (non-hydrogen) atoms. The lowest BCUT2D eigenvalue weighted by atomic mass is 9.90. The predicted octanol–water partition coefficient (Wildman–Crippen LogP) is 5.96. The monoisotopic (exact) mass is 502 g/mol. The van der Waals surface area contributed by atoms with Crippen molar-refractivity contribution in [1.82, 2.24) is 4.90 Å². The van der Waals surface area contributed by atoms with E-state index in [2.05, 4.69) is 40.5 Å². The maximum atomic E-state index is 12.5. The van der Waals surface area contributed by atoms with Gasteiger partial charge in [0.15, 0.2) is 18.1 Å². The number of para-hydroxylation sites is 1. The molecule has 0 spiro atoms. The highest BCUT2D eigenvalue weighted by atomic mass is 32.1. The van der Waals surface area contributed by atoms with Gasteiger partial charge in [-0.3, -0.25) is 4.79 Å². The maximum Gasteiger partial charge on any atom is 0.262 e. The van der Waals surface area contributed by atoms with Crippen molar-refractivity contribution in [2.24, 2.45) is 5.92 Å². The van der Waals surface area contributed by atoms with Gasteiger partial charge in [0.1, 0.15) is 4.99 Å². The van der Waals surface area contributed by atoms with Crippen LogP contribution in [0.25, 0.3) is 0 Å². The van der Waals surface area contributed by atoms with E-state index >= 15 is 0 Å². The van der Waals surface area contributed by atoms with Gasteiger partial charge in [0.05, 0.1) is 7.11 Å². The third kappa shape index (κ3) is 6.43. The summed E-state index contributed by atoms with van der Waals surface area (Å²) >= 11 is 5.83. The molecule has 0 radical (unpaired) electrons. The highest BCUT2D eigenvalue weighted by Crippen LogP contribution is 2.30. The fourth-order valence-corrected chi connectivity index (χ4v) is 5.03. The molecule has 4 rings (SSSR count). The molecule has 1 saturated heterocycles. The molecule has 1 aliphatic heterocycles. The summed E-state index contributed by atoms with van der Waals surface area (Å²) in [7, 11) is 1.60. The number of nitrogens with one attached hydrogen (secondary N) is 1. The largest absolute Gasteiger partial charge is 0.493 e. The molecule has 1 N–H and O–H groups in total. The summed E-state index contributed by atoms with van der Waals surface area (Å²) in [6.07, 6.45) is 3.38. The second kappa shape index (κ2) is 12.0. The lowest BCUT2D eigenvalue weighted by Crippen LogP contribution is -2.38. The van der Waals surface area contributed by atoms with E-state index in [1.54, 1.807) is 7.11 Å². The molecule has 0 aliphatic carbocycles. The molecule has 0 bridgehead atoms. The molecule has 6 heteroatoms. The average molecular weight is 503 g/mol. The molecule has 0 atom stereocenters. The first-order valence-electron chi connectivity index (χ1n) is 12.4. The van der Waals surface area contributed by atoms with E-state index < -0.39 is 0 Å². The van der Waals surface area contributed by atoms with Crippen LogP contribution in [0.2, 0.25) is 0 Å². The summed E-state index contributed by atoms with van der Waals surface area (Å²) < 4.78 is 11.4. The summed E-state index contributed by atoms with van der Waals surface area (Å²) in [5.41, 5.74) is 5.19. The highest BCUT2D eigenvalue weighted by molar-refractivity contribution is 7.80. The second-order valence-corrected chi connectivity index (χ2v) is 9.78. The van der Waals surface area contributed by atoms with E-state index in [0.717, 1.165) is 59.7 Å². The van der Waals surface area contributed by atoms with Gasteiger partial charge in [-0.2, -0.15) is 0 Å². The van der Waals surface area contributed by atoms with E-state index in [4.69, 9.17) is 21.7 Å². The van der Waals surface area contributed by atoms with Crippen molar-refractivity contribution in [3.63, 3.8) is 0 Å². The molecule has 0 unspecified atom stereocenters. The molecule has 188 valence electrons. The zero-order valence-electron chi connectivity index (χ0n) is 21.3.